The highest BCUT2D eigenvalue weighted by Gasteiger charge is 2.57. The molecule has 10 heteroatoms. The molecular formula is C35H44F4N2O4. The van der Waals surface area contributed by atoms with Crippen LogP contribution in [0.2, 0.25) is 0 Å². The maximum atomic E-state index is 17.2. The van der Waals surface area contributed by atoms with Crippen LogP contribution in [0.25, 0.3) is 0 Å². The van der Waals surface area contributed by atoms with Gasteiger partial charge in [-0.25, -0.2) is 4.39 Å². The number of rotatable bonds is 6. The van der Waals surface area contributed by atoms with Crippen molar-refractivity contribution >= 4 is 11.9 Å². The standard InChI is InChI=1S/C35H44F4N2O4/c1-33(2,3)41-20-30(24-9-12-27(45-4)13-10-24)34(36,21-41)32(44)40-17-15-23(16-18-40)28-14-11-26(35(37,38)39)19-29(28)22-5-7-25(8-6-22)31(42)43/h9-14,19,22-23,25,30H,5-8,15-18,20-21H2,1-4H3,(H,42,43)/t22-,25-,30-,34-/m0/s1. The van der Waals surface area contributed by atoms with Crippen molar-refractivity contribution in [1.29, 1.82) is 0 Å². The molecule has 2 heterocycles. The Labute approximate surface area is 262 Å². The van der Waals surface area contributed by atoms with Crippen molar-refractivity contribution in [2.45, 2.75) is 94.4 Å². The molecule has 0 bridgehead atoms. The van der Waals surface area contributed by atoms with Crippen molar-refractivity contribution < 1.29 is 37.0 Å². The Hall–Kier alpha value is -3.14. The van der Waals surface area contributed by atoms with Crippen molar-refractivity contribution in [3.8, 4) is 5.75 Å². The highest BCUT2D eigenvalue weighted by atomic mass is 19.4. The number of methoxy groups -OCH3 is 1. The lowest BCUT2D eigenvalue weighted by atomic mass is 9.74. The molecular weight excluding hydrogens is 588 g/mol. The molecule has 1 aliphatic carbocycles. The maximum absolute atomic E-state index is 17.2. The summed E-state index contributed by atoms with van der Waals surface area (Å²) in [5.74, 6) is -2.10. The smallest absolute Gasteiger partial charge is 0.416 e. The minimum absolute atomic E-state index is 0.0198. The van der Waals surface area contributed by atoms with Gasteiger partial charge in [0.15, 0.2) is 0 Å². The van der Waals surface area contributed by atoms with Gasteiger partial charge in [-0.3, -0.25) is 14.5 Å². The molecule has 2 aliphatic heterocycles. The van der Waals surface area contributed by atoms with Crippen LogP contribution in [0.15, 0.2) is 42.5 Å². The van der Waals surface area contributed by atoms with Crippen molar-refractivity contribution in [3.63, 3.8) is 0 Å². The molecule has 246 valence electrons. The molecule has 1 N–H and O–H groups in total. The first-order valence-corrected chi connectivity index (χ1v) is 15.9. The molecule has 5 rings (SSSR count). The fourth-order valence-electron chi connectivity index (χ4n) is 7.54. The minimum Gasteiger partial charge on any atom is -0.497 e. The van der Waals surface area contributed by atoms with E-state index in [1.165, 1.54) is 6.07 Å². The molecule has 2 aromatic carbocycles. The average Bonchev–Trinajstić information content (AvgIpc) is 3.39. The van der Waals surface area contributed by atoms with Crippen LogP contribution in [0, 0.1) is 5.92 Å². The van der Waals surface area contributed by atoms with E-state index in [0.717, 1.165) is 17.2 Å². The Balaban J connectivity index is 1.35. The summed E-state index contributed by atoms with van der Waals surface area (Å²) in [7, 11) is 1.57. The number of likely N-dealkylation sites (tertiary alicyclic amines) is 2. The average molecular weight is 633 g/mol. The Morgan fingerprint density at radius 1 is 0.889 bits per heavy atom. The lowest BCUT2D eigenvalue weighted by Crippen LogP contribution is -2.53. The number of hydrogen-bond donors (Lipinski definition) is 1. The maximum Gasteiger partial charge on any atom is 0.416 e. The van der Waals surface area contributed by atoms with Crippen LogP contribution in [-0.2, 0) is 15.8 Å². The number of benzene rings is 2. The molecule has 0 radical (unpaired) electrons. The lowest BCUT2D eigenvalue weighted by molar-refractivity contribution is -0.145. The van der Waals surface area contributed by atoms with Crippen LogP contribution in [0.4, 0.5) is 17.6 Å². The van der Waals surface area contributed by atoms with Crippen LogP contribution in [-0.4, -0.2) is 71.3 Å². The van der Waals surface area contributed by atoms with E-state index in [9.17, 15) is 27.9 Å². The van der Waals surface area contributed by atoms with Crippen molar-refractivity contribution in [2.24, 2.45) is 5.92 Å². The van der Waals surface area contributed by atoms with Gasteiger partial charge >= 0.3 is 12.1 Å². The van der Waals surface area contributed by atoms with Gasteiger partial charge in [0.1, 0.15) is 5.75 Å². The van der Waals surface area contributed by atoms with Gasteiger partial charge in [0.25, 0.3) is 5.91 Å². The first-order valence-electron chi connectivity index (χ1n) is 15.9. The third-order valence-electron chi connectivity index (χ3n) is 10.4. The Morgan fingerprint density at radius 3 is 2.02 bits per heavy atom. The normalized spacial score (nSPS) is 27.0. The predicted molar refractivity (Wildman–Crippen MR) is 163 cm³/mol. The number of nitrogens with zero attached hydrogens (tertiary/aromatic N) is 2. The molecule has 3 aliphatic rings. The molecule has 0 unspecified atom stereocenters. The number of alkyl halides is 4. The number of amides is 1. The van der Waals surface area contributed by atoms with Crippen LogP contribution in [0.5, 0.6) is 5.75 Å². The monoisotopic (exact) mass is 632 g/mol. The molecule has 6 nitrogen and oxygen atoms in total. The molecule has 2 atom stereocenters. The summed E-state index contributed by atoms with van der Waals surface area (Å²) in [4.78, 5) is 29.1. The summed E-state index contributed by atoms with van der Waals surface area (Å²) >= 11 is 0. The number of aliphatic carboxylic acids is 1. The highest BCUT2D eigenvalue weighted by molar-refractivity contribution is 5.87. The Bertz CT molecular complexity index is 1370. The molecule has 0 aromatic heterocycles. The summed E-state index contributed by atoms with van der Waals surface area (Å²) in [6.07, 6.45) is -1.56. The number of hydrogen-bond acceptors (Lipinski definition) is 4. The fourth-order valence-corrected chi connectivity index (χ4v) is 7.54. The number of ether oxygens (including phenoxy) is 1. The van der Waals surface area contributed by atoms with E-state index < -0.39 is 41.1 Å². The van der Waals surface area contributed by atoms with Gasteiger partial charge in [0.2, 0.25) is 5.67 Å². The van der Waals surface area contributed by atoms with Crippen LogP contribution >= 0.6 is 0 Å². The summed E-state index contributed by atoms with van der Waals surface area (Å²) in [6, 6.07) is 11.1. The molecule has 1 saturated carbocycles. The molecule has 3 fully saturated rings. The molecule has 2 aromatic rings. The van der Waals surface area contributed by atoms with Crippen molar-refractivity contribution in [1.82, 2.24) is 9.80 Å². The second-order valence-electron chi connectivity index (χ2n) is 14.0. The number of halogens is 4. The van der Waals surface area contributed by atoms with Crippen LogP contribution in [0.3, 0.4) is 0 Å². The zero-order chi connectivity index (χ0) is 32.7. The lowest BCUT2D eigenvalue weighted by Gasteiger charge is -2.38. The van der Waals surface area contributed by atoms with Gasteiger partial charge in [0, 0.05) is 37.6 Å². The first-order chi connectivity index (χ1) is 21.1. The highest BCUT2D eigenvalue weighted by Crippen LogP contribution is 2.46. The Morgan fingerprint density at radius 2 is 1.49 bits per heavy atom. The van der Waals surface area contributed by atoms with E-state index in [0.29, 0.717) is 69.5 Å². The van der Waals surface area contributed by atoms with Crippen molar-refractivity contribution in [3.05, 3.63) is 64.7 Å². The van der Waals surface area contributed by atoms with E-state index in [1.807, 2.05) is 37.8 Å². The number of carbonyl (C=O) groups excluding carboxylic acids is 1. The number of carbonyl (C=O) groups is 2. The molecule has 45 heavy (non-hydrogen) atoms. The molecule has 1 amide bonds. The number of carboxylic acids is 1. The zero-order valence-corrected chi connectivity index (χ0v) is 26.5. The molecule has 0 spiro atoms. The van der Waals surface area contributed by atoms with Crippen molar-refractivity contribution in [2.75, 3.05) is 33.3 Å². The topological polar surface area (TPSA) is 70.1 Å². The summed E-state index contributed by atoms with van der Waals surface area (Å²) < 4.78 is 63.6. The second kappa shape index (κ2) is 12.6. The van der Waals surface area contributed by atoms with Crippen LogP contribution in [0.1, 0.15) is 99.3 Å². The van der Waals surface area contributed by atoms with E-state index >= 15 is 4.39 Å². The SMILES string of the molecule is COc1ccc([C@@H]2CN(C(C)(C)C)C[C@@]2(F)C(=O)N2CCC(c3ccc(C(F)(F)F)cc3[C@H]3CC[C@H](C(=O)O)CC3)CC2)cc1. The number of carboxylic acid groups (broad SMARTS) is 1. The predicted octanol–water partition coefficient (Wildman–Crippen LogP) is 7.38. The third-order valence-corrected chi connectivity index (χ3v) is 10.4. The van der Waals surface area contributed by atoms with Crippen LogP contribution < -0.4 is 4.74 Å². The summed E-state index contributed by atoms with van der Waals surface area (Å²) in [6.45, 7) is 7.03. The molecule has 2 saturated heterocycles. The largest absolute Gasteiger partial charge is 0.497 e. The fraction of sp³-hybridized carbons (Fsp3) is 0.600. The van der Waals surface area contributed by atoms with Gasteiger partial charge in [-0.05, 0) is 112 Å². The third kappa shape index (κ3) is 6.86. The first kappa shape index (κ1) is 33.2. The van der Waals surface area contributed by atoms with E-state index in [2.05, 4.69) is 0 Å². The summed E-state index contributed by atoms with van der Waals surface area (Å²) in [5.41, 5.74) is -0.967. The van der Waals surface area contributed by atoms with E-state index in [4.69, 9.17) is 4.74 Å². The van der Waals surface area contributed by atoms with Gasteiger partial charge in [-0.1, -0.05) is 18.2 Å². The van der Waals surface area contributed by atoms with E-state index in [-0.39, 0.29) is 23.9 Å². The number of piperidine rings is 1. The zero-order valence-electron chi connectivity index (χ0n) is 26.5. The quantitative estimate of drug-likeness (QED) is 0.337. The minimum atomic E-state index is -4.49. The Kier molecular flexibility index (Phi) is 9.28. The van der Waals surface area contributed by atoms with Gasteiger partial charge in [-0.2, -0.15) is 13.2 Å². The van der Waals surface area contributed by atoms with E-state index in [1.54, 1.807) is 30.2 Å². The van der Waals surface area contributed by atoms with Gasteiger partial charge in [-0.15, -0.1) is 0 Å². The summed E-state index contributed by atoms with van der Waals surface area (Å²) in [5, 5.41) is 9.41. The van der Waals surface area contributed by atoms with Gasteiger partial charge < -0.3 is 14.7 Å². The second-order valence-corrected chi connectivity index (χ2v) is 14.0. The van der Waals surface area contributed by atoms with Gasteiger partial charge in [0.05, 0.1) is 18.6 Å².